The van der Waals surface area contributed by atoms with Gasteiger partial charge in [0.15, 0.2) is 0 Å². The molecule has 0 amide bonds. The van der Waals surface area contributed by atoms with E-state index in [0.717, 1.165) is 12.2 Å². The van der Waals surface area contributed by atoms with Crippen molar-refractivity contribution in [2.45, 2.75) is 32.7 Å². The molecule has 0 atom stereocenters. The number of aryl methyl sites for hydroxylation is 1. The number of rotatable bonds is 2. The second-order valence-corrected chi connectivity index (χ2v) is 4.66. The van der Waals surface area contributed by atoms with Crippen LogP contribution in [0, 0.1) is 6.92 Å². The van der Waals surface area contributed by atoms with E-state index in [4.69, 9.17) is 0 Å². The maximum atomic E-state index is 4.48. The Hall–Kier alpha value is -0.410. The lowest BCUT2D eigenvalue weighted by molar-refractivity contribution is 0.220. The second kappa shape index (κ2) is 4.20. The summed E-state index contributed by atoms with van der Waals surface area (Å²) in [7, 11) is 0. The van der Waals surface area contributed by atoms with Crippen molar-refractivity contribution in [3.8, 4) is 0 Å². The molecule has 3 heteroatoms. The lowest BCUT2D eigenvalue weighted by Gasteiger charge is -2.25. The minimum absolute atomic E-state index is 1.07. The zero-order valence-electron chi connectivity index (χ0n) is 8.12. The van der Waals surface area contributed by atoms with Crippen molar-refractivity contribution in [1.29, 1.82) is 0 Å². The molecule has 0 N–H and O–H groups in total. The third-order valence-electron chi connectivity index (χ3n) is 2.47. The molecule has 0 aromatic carbocycles. The van der Waals surface area contributed by atoms with Crippen LogP contribution in [-0.4, -0.2) is 23.0 Å². The molecule has 2 nitrogen and oxygen atoms in total. The summed E-state index contributed by atoms with van der Waals surface area (Å²) in [5.41, 5.74) is 1.16. The molecule has 0 saturated carbocycles. The molecule has 2 heterocycles. The largest absolute Gasteiger partial charge is 0.297 e. The van der Waals surface area contributed by atoms with E-state index >= 15 is 0 Å². The number of nitrogens with zero attached hydrogens (tertiary/aromatic N) is 2. The van der Waals surface area contributed by atoms with Gasteiger partial charge in [0.1, 0.15) is 5.01 Å². The summed E-state index contributed by atoms with van der Waals surface area (Å²) in [4.78, 5) is 7.00. The van der Waals surface area contributed by atoms with Gasteiger partial charge in [0.2, 0.25) is 0 Å². The highest BCUT2D eigenvalue weighted by atomic mass is 32.1. The third kappa shape index (κ3) is 2.51. The molecule has 0 spiro atoms. The molecule has 1 aromatic heterocycles. The van der Waals surface area contributed by atoms with Crippen molar-refractivity contribution in [2.75, 3.05) is 13.1 Å². The molecule has 1 fully saturated rings. The van der Waals surface area contributed by atoms with E-state index in [1.165, 1.54) is 37.4 Å². The highest BCUT2D eigenvalue weighted by Gasteiger charge is 2.11. The Labute approximate surface area is 83.6 Å². The summed E-state index contributed by atoms with van der Waals surface area (Å²) in [5, 5.41) is 3.42. The minimum atomic E-state index is 1.07. The molecule has 1 aromatic rings. The number of hydrogen-bond donors (Lipinski definition) is 0. The smallest absolute Gasteiger partial charge is 0.107 e. The average Bonchev–Trinajstić information content (AvgIpc) is 2.53. The SMILES string of the molecule is Cc1csc(CN2CCCCC2)n1. The maximum Gasteiger partial charge on any atom is 0.107 e. The van der Waals surface area contributed by atoms with E-state index in [1.54, 1.807) is 11.3 Å². The molecular weight excluding hydrogens is 180 g/mol. The number of aromatic nitrogens is 1. The van der Waals surface area contributed by atoms with Crippen LogP contribution in [0.1, 0.15) is 30.0 Å². The van der Waals surface area contributed by atoms with Crippen molar-refractivity contribution in [3.63, 3.8) is 0 Å². The van der Waals surface area contributed by atoms with Crippen molar-refractivity contribution in [2.24, 2.45) is 0 Å². The van der Waals surface area contributed by atoms with Crippen LogP contribution < -0.4 is 0 Å². The summed E-state index contributed by atoms with van der Waals surface area (Å²) < 4.78 is 0. The number of hydrogen-bond acceptors (Lipinski definition) is 3. The van der Waals surface area contributed by atoms with Gasteiger partial charge in [-0.25, -0.2) is 4.98 Å². The van der Waals surface area contributed by atoms with Gasteiger partial charge in [-0.15, -0.1) is 11.3 Å². The van der Waals surface area contributed by atoms with Crippen LogP contribution in [0.4, 0.5) is 0 Å². The zero-order chi connectivity index (χ0) is 9.10. The van der Waals surface area contributed by atoms with Crippen molar-refractivity contribution >= 4 is 11.3 Å². The van der Waals surface area contributed by atoms with Crippen LogP contribution in [0.15, 0.2) is 5.38 Å². The molecule has 1 aliphatic rings. The highest BCUT2D eigenvalue weighted by Crippen LogP contribution is 2.15. The normalized spacial score (nSPS) is 19.2. The highest BCUT2D eigenvalue weighted by molar-refractivity contribution is 7.09. The Bertz CT molecular complexity index is 264. The predicted molar refractivity (Wildman–Crippen MR) is 56.0 cm³/mol. The summed E-state index contributed by atoms with van der Waals surface area (Å²) >= 11 is 1.79. The van der Waals surface area contributed by atoms with Crippen molar-refractivity contribution in [3.05, 3.63) is 16.1 Å². The monoisotopic (exact) mass is 196 g/mol. The Morgan fingerprint density at radius 3 is 2.77 bits per heavy atom. The van der Waals surface area contributed by atoms with E-state index in [2.05, 4.69) is 22.2 Å². The van der Waals surface area contributed by atoms with E-state index in [-0.39, 0.29) is 0 Å². The van der Waals surface area contributed by atoms with Crippen molar-refractivity contribution in [1.82, 2.24) is 9.88 Å². The fourth-order valence-electron chi connectivity index (χ4n) is 1.78. The van der Waals surface area contributed by atoms with Crippen LogP contribution >= 0.6 is 11.3 Å². The molecule has 0 unspecified atom stereocenters. The van der Waals surface area contributed by atoms with Gasteiger partial charge < -0.3 is 0 Å². The molecule has 1 saturated heterocycles. The van der Waals surface area contributed by atoms with E-state index < -0.39 is 0 Å². The lowest BCUT2D eigenvalue weighted by Crippen LogP contribution is -2.28. The molecule has 0 radical (unpaired) electrons. The molecule has 1 aliphatic heterocycles. The van der Waals surface area contributed by atoms with Gasteiger partial charge in [-0.05, 0) is 32.9 Å². The third-order valence-corrected chi connectivity index (χ3v) is 3.43. The predicted octanol–water partition coefficient (Wildman–Crippen LogP) is 2.44. The van der Waals surface area contributed by atoms with E-state index in [0.29, 0.717) is 0 Å². The first-order chi connectivity index (χ1) is 6.34. The topological polar surface area (TPSA) is 16.1 Å². The first kappa shape index (κ1) is 9.16. The first-order valence-corrected chi connectivity index (χ1v) is 5.86. The van der Waals surface area contributed by atoms with Gasteiger partial charge in [0.25, 0.3) is 0 Å². The summed E-state index contributed by atoms with van der Waals surface area (Å²) in [6.07, 6.45) is 4.14. The summed E-state index contributed by atoms with van der Waals surface area (Å²) in [6, 6.07) is 0. The van der Waals surface area contributed by atoms with E-state index in [9.17, 15) is 0 Å². The molecule has 0 bridgehead atoms. The number of piperidine rings is 1. The van der Waals surface area contributed by atoms with Gasteiger partial charge in [0.05, 0.1) is 6.54 Å². The Balaban J connectivity index is 1.89. The van der Waals surface area contributed by atoms with Crippen LogP contribution in [0.2, 0.25) is 0 Å². The van der Waals surface area contributed by atoms with Gasteiger partial charge >= 0.3 is 0 Å². The first-order valence-electron chi connectivity index (χ1n) is 4.98. The van der Waals surface area contributed by atoms with Crippen LogP contribution in [0.5, 0.6) is 0 Å². The van der Waals surface area contributed by atoms with Crippen LogP contribution in [0.3, 0.4) is 0 Å². The maximum absolute atomic E-state index is 4.48. The second-order valence-electron chi connectivity index (χ2n) is 3.72. The average molecular weight is 196 g/mol. The van der Waals surface area contributed by atoms with Gasteiger partial charge in [-0.2, -0.15) is 0 Å². The van der Waals surface area contributed by atoms with Gasteiger partial charge in [-0.3, -0.25) is 4.90 Å². The number of likely N-dealkylation sites (tertiary alicyclic amines) is 1. The van der Waals surface area contributed by atoms with Crippen LogP contribution in [0.25, 0.3) is 0 Å². The molecule has 0 aliphatic carbocycles. The zero-order valence-corrected chi connectivity index (χ0v) is 8.94. The Morgan fingerprint density at radius 1 is 1.38 bits per heavy atom. The molecule has 72 valence electrons. The minimum Gasteiger partial charge on any atom is -0.297 e. The van der Waals surface area contributed by atoms with Crippen molar-refractivity contribution < 1.29 is 0 Å². The Morgan fingerprint density at radius 2 is 2.15 bits per heavy atom. The summed E-state index contributed by atoms with van der Waals surface area (Å²) in [5.74, 6) is 0. The lowest BCUT2D eigenvalue weighted by atomic mass is 10.1. The number of thiazole rings is 1. The van der Waals surface area contributed by atoms with Gasteiger partial charge in [-0.1, -0.05) is 6.42 Å². The molecular formula is C10H16N2S. The summed E-state index contributed by atoms with van der Waals surface area (Å²) in [6.45, 7) is 5.66. The van der Waals surface area contributed by atoms with E-state index in [1.807, 2.05) is 0 Å². The molecule has 2 rings (SSSR count). The fourth-order valence-corrected chi connectivity index (χ4v) is 2.60. The van der Waals surface area contributed by atoms with Crippen LogP contribution in [-0.2, 0) is 6.54 Å². The standard InChI is InChI=1S/C10H16N2S/c1-9-8-13-10(11-9)7-12-5-3-2-4-6-12/h8H,2-7H2,1H3. The quantitative estimate of drug-likeness (QED) is 0.722. The Kier molecular flexibility index (Phi) is 2.96. The fraction of sp³-hybridized carbons (Fsp3) is 0.700. The van der Waals surface area contributed by atoms with Gasteiger partial charge in [0, 0.05) is 11.1 Å². The molecule has 13 heavy (non-hydrogen) atoms.